The SMILES string of the molecule is CC[SiH](CC)C(C)COC(CNC1CCCC1)c1c(Cl)cncc1Cl. The lowest BCUT2D eigenvalue weighted by Crippen LogP contribution is -2.32. The summed E-state index contributed by atoms with van der Waals surface area (Å²) in [5.74, 6) is 0. The summed E-state index contributed by atoms with van der Waals surface area (Å²) in [6.07, 6.45) is 8.34. The Hall–Kier alpha value is -0.133. The second-order valence-electron chi connectivity index (χ2n) is 7.28. The summed E-state index contributed by atoms with van der Waals surface area (Å²) in [7, 11) is -0.729. The van der Waals surface area contributed by atoms with Gasteiger partial charge in [0, 0.05) is 45.9 Å². The Morgan fingerprint density at radius 2 is 1.80 bits per heavy atom. The van der Waals surface area contributed by atoms with Crippen molar-refractivity contribution in [1.29, 1.82) is 0 Å². The second kappa shape index (κ2) is 10.9. The van der Waals surface area contributed by atoms with Gasteiger partial charge in [-0.15, -0.1) is 0 Å². The van der Waals surface area contributed by atoms with Crippen molar-refractivity contribution in [1.82, 2.24) is 10.3 Å². The molecule has 0 amide bonds. The van der Waals surface area contributed by atoms with E-state index in [1.54, 1.807) is 12.4 Å². The van der Waals surface area contributed by atoms with E-state index >= 15 is 0 Å². The maximum Gasteiger partial charge on any atom is 0.0979 e. The number of aromatic nitrogens is 1. The monoisotopic (exact) mass is 402 g/mol. The number of rotatable bonds is 10. The van der Waals surface area contributed by atoms with Crippen molar-refractivity contribution in [3.8, 4) is 0 Å². The number of hydrogen-bond donors (Lipinski definition) is 1. The lowest BCUT2D eigenvalue weighted by atomic mass is 10.1. The van der Waals surface area contributed by atoms with Crippen LogP contribution >= 0.6 is 23.2 Å². The van der Waals surface area contributed by atoms with Crippen molar-refractivity contribution in [2.45, 2.75) is 76.2 Å². The summed E-state index contributed by atoms with van der Waals surface area (Å²) < 4.78 is 6.37. The molecule has 0 bridgehead atoms. The Morgan fingerprint density at radius 3 is 2.36 bits per heavy atom. The van der Waals surface area contributed by atoms with Gasteiger partial charge in [0.15, 0.2) is 0 Å². The van der Waals surface area contributed by atoms with E-state index in [-0.39, 0.29) is 6.10 Å². The van der Waals surface area contributed by atoms with E-state index in [2.05, 4.69) is 31.1 Å². The van der Waals surface area contributed by atoms with Crippen LogP contribution in [0, 0.1) is 0 Å². The molecule has 0 aliphatic heterocycles. The third-order valence-corrected chi connectivity index (χ3v) is 10.1. The minimum atomic E-state index is -0.729. The average Bonchev–Trinajstić information content (AvgIpc) is 3.11. The molecule has 1 saturated carbocycles. The van der Waals surface area contributed by atoms with Crippen LogP contribution in [0.25, 0.3) is 0 Å². The van der Waals surface area contributed by atoms with Crippen LogP contribution in [0.5, 0.6) is 0 Å². The van der Waals surface area contributed by atoms with Crippen LogP contribution in [0.2, 0.25) is 27.7 Å². The molecule has 2 unspecified atom stereocenters. The molecule has 1 aromatic rings. The number of pyridine rings is 1. The van der Waals surface area contributed by atoms with Gasteiger partial charge >= 0.3 is 0 Å². The molecule has 1 heterocycles. The number of ether oxygens (including phenoxy) is 1. The summed E-state index contributed by atoms with van der Waals surface area (Å²) in [4.78, 5) is 4.08. The molecule has 1 aliphatic rings. The molecule has 142 valence electrons. The molecule has 1 aromatic heterocycles. The fourth-order valence-corrected chi connectivity index (χ4v) is 7.05. The fourth-order valence-electron chi connectivity index (χ4n) is 3.87. The fraction of sp³-hybridized carbons (Fsp3) is 0.737. The molecule has 2 rings (SSSR count). The van der Waals surface area contributed by atoms with Crippen molar-refractivity contribution in [2.75, 3.05) is 13.2 Å². The number of nitrogens with zero attached hydrogens (tertiary/aromatic N) is 1. The highest BCUT2D eigenvalue weighted by Gasteiger charge is 2.24. The first-order valence-electron chi connectivity index (χ1n) is 9.70. The first-order valence-corrected chi connectivity index (χ1v) is 12.8. The molecule has 6 heteroatoms. The highest BCUT2D eigenvalue weighted by atomic mass is 35.5. The molecule has 3 nitrogen and oxygen atoms in total. The van der Waals surface area contributed by atoms with Crippen LogP contribution in [0.3, 0.4) is 0 Å². The largest absolute Gasteiger partial charge is 0.372 e. The highest BCUT2D eigenvalue weighted by Crippen LogP contribution is 2.33. The normalized spacial score (nSPS) is 18.0. The molecule has 1 aliphatic carbocycles. The lowest BCUT2D eigenvalue weighted by Gasteiger charge is -2.26. The van der Waals surface area contributed by atoms with Crippen LogP contribution < -0.4 is 5.32 Å². The van der Waals surface area contributed by atoms with Crippen LogP contribution in [0.15, 0.2) is 12.4 Å². The van der Waals surface area contributed by atoms with Gasteiger partial charge < -0.3 is 10.1 Å². The minimum absolute atomic E-state index is 0.116. The molecule has 0 saturated heterocycles. The quantitative estimate of drug-likeness (QED) is 0.514. The first-order chi connectivity index (χ1) is 12.1. The molecule has 0 spiro atoms. The predicted octanol–water partition coefficient (Wildman–Crippen LogP) is 5.64. The molecule has 25 heavy (non-hydrogen) atoms. The minimum Gasteiger partial charge on any atom is -0.372 e. The van der Waals surface area contributed by atoms with Crippen molar-refractivity contribution in [3.05, 3.63) is 28.0 Å². The smallest absolute Gasteiger partial charge is 0.0979 e. The Morgan fingerprint density at radius 1 is 1.20 bits per heavy atom. The van der Waals surface area contributed by atoms with E-state index in [4.69, 9.17) is 27.9 Å². The first kappa shape index (κ1) is 21.2. The standard InChI is InChI=1S/C19H32Cl2N2OSi/c1-4-25(5-2)14(3)13-24-18(12-23-15-8-6-7-9-15)19-16(20)10-22-11-17(19)21/h10-11,14-15,18,23,25H,4-9,12-13H2,1-3H3. The lowest BCUT2D eigenvalue weighted by molar-refractivity contribution is 0.0507. The van der Waals surface area contributed by atoms with Crippen LogP contribution in [0.1, 0.15) is 58.1 Å². The van der Waals surface area contributed by atoms with E-state index in [0.717, 1.165) is 18.7 Å². The van der Waals surface area contributed by atoms with Crippen molar-refractivity contribution in [2.24, 2.45) is 0 Å². The zero-order valence-electron chi connectivity index (χ0n) is 15.7. The van der Waals surface area contributed by atoms with Gasteiger partial charge in [-0.1, -0.05) is 68.9 Å². The molecular formula is C19H32Cl2N2OSi. The van der Waals surface area contributed by atoms with Crippen LogP contribution in [-0.2, 0) is 4.74 Å². The van der Waals surface area contributed by atoms with Gasteiger partial charge in [0.25, 0.3) is 0 Å². The number of halogens is 2. The Balaban J connectivity index is 2.05. The molecule has 2 atom stereocenters. The summed E-state index contributed by atoms with van der Waals surface area (Å²) >= 11 is 12.8. The Kier molecular flexibility index (Phi) is 9.21. The van der Waals surface area contributed by atoms with E-state index in [1.165, 1.54) is 37.8 Å². The predicted molar refractivity (Wildman–Crippen MR) is 111 cm³/mol. The summed E-state index contributed by atoms with van der Waals surface area (Å²) in [6, 6.07) is 3.24. The molecule has 0 aromatic carbocycles. The second-order valence-corrected chi connectivity index (χ2v) is 12.4. The zero-order valence-corrected chi connectivity index (χ0v) is 18.4. The number of nitrogens with one attached hydrogen (secondary N) is 1. The summed E-state index contributed by atoms with van der Waals surface area (Å²) in [5.41, 5.74) is 1.53. The van der Waals surface area contributed by atoms with Gasteiger partial charge in [-0.25, -0.2) is 0 Å². The van der Waals surface area contributed by atoms with E-state index in [0.29, 0.717) is 21.6 Å². The maximum absolute atomic E-state index is 6.41. The van der Waals surface area contributed by atoms with Gasteiger partial charge in [-0.05, 0) is 18.4 Å². The third kappa shape index (κ3) is 6.21. The third-order valence-electron chi connectivity index (χ3n) is 5.57. The van der Waals surface area contributed by atoms with E-state index < -0.39 is 8.80 Å². The summed E-state index contributed by atoms with van der Waals surface area (Å²) in [6.45, 7) is 8.50. The van der Waals surface area contributed by atoms with E-state index in [1.807, 2.05) is 0 Å². The van der Waals surface area contributed by atoms with Gasteiger partial charge in [0.2, 0.25) is 0 Å². The van der Waals surface area contributed by atoms with Gasteiger partial charge in [0.1, 0.15) is 0 Å². The van der Waals surface area contributed by atoms with Gasteiger partial charge in [-0.3, -0.25) is 4.98 Å². The molecule has 1 fully saturated rings. The Labute approximate surface area is 164 Å². The van der Waals surface area contributed by atoms with Crippen molar-refractivity contribution < 1.29 is 4.74 Å². The highest BCUT2D eigenvalue weighted by molar-refractivity contribution is 6.60. The average molecular weight is 403 g/mol. The Bertz CT molecular complexity index is 502. The van der Waals surface area contributed by atoms with Crippen molar-refractivity contribution >= 4 is 32.0 Å². The van der Waals surface area contributed by atoms with Crippen LogP contribution in [-0.4, -0.2) is 33.0 Å². The molecular weight excluding hydrogens is 371 g/mol. The maximum atomic E-state index is 6.41. The number of hydrogen-bond acceptors (Lipinski definition) is 3. The van der Waals surface area contributed by atoms with Crippen molar-refractivity contribution in [3.63, 3.8) is 0 Å². The topological polar surface area (TPSA) is 34.1 Å². The van der Waals surface area contributed by atoms with Gasteiger partial charge in [0.05, 0.1) is 16.1 Å². The molecule has 1 N–H and O–H groups in total. The van der Waals surface area contributed by atoms with Crippen LogP contribution in [0.4, 0.5) is 0 Å². The zero-order chi connectivity index (χ0) is 18.2. The summed E-state index contributed by atoms with van der Waals surface area (Å²) in [5, 5.41) is 4.86. The van der Waals surface area contributed by atoms with E-state index in [9.17, 15) is 0 Å². The van der Waals surface area contributed by atoms with Gasteiger partial charge in [-0.2, -0.15) is 0 Å². The molecule has 0 radical (unpaired) electrons.